The van der Waals surface area contributed by atoms with Crippen molar-refractivity contribution in [2.24, 2.45) is 0 Å². The monoisotopic (exact) mass is 441 g/mol. The van der Waals surface area contributed by atoms with Crippen LogP contribution in [0.25, 0.3) is 0 Å². The van der Waals surface area contributed by atoms with E-state index in [1.165, 1.54) is 0 Å². The Morgan fingerprint density at radius 1 is 1.13 bits per heavy atom. The van der Waals surface area contributed by atoms with Crippen molar-refractivity contribution in [1.82, 2.24) is 15.1 Å². The summed E-state index contributed by atoms with van der Waals surface area (Å²) in [6, 6.07) is 9.74. The van der Waals surface area contributed by atoms with Gasteiger partial charge < -0.3 is 14.8 Å². The number of hydrogen-bond acceptors (Lipinski definition) is 5. The molecule has 1 heterocycles. The number of aromatic nitrogens is 2. The maximum atomic E-state index is 12.0. The van der Waals surface area contributed by atoms with Gasteiger partial charge >= 0.3 is 12.5 Å². The average molecular weight is 441 g/mol. The fourth-order valence-corrected chi connectivity index (χ4v) is 3.45. The normalized spacial score (nSPS) is 19.1. The highest BCUT2D eigenvalue weighted by Crippen LogP contribution is 2.29. The summed E-state index contributed by atoms with van der Waals surface area (Å²) >= 11 is 0. The minimum Gasteiger partial charge on any atom is -0.490 e. The van der Waals surface area contributed by atoms with E-state index in [4.69, 9.17) is 9.47 Å². The number of halogens is 3. The number of carbonyl (C=O) groups is 1. The molecule has 0 spiro atoms. The maximum Gasteiger partial charge on any atom is 0.522 e. The summed E-state index contributed by atoms with van der Waals surface area (Å²) in [5, 5.41) is 7.20. The van der Waals surface area contributed by atoms with E-state index in [9.17, 15) is 18.0 Å². The summed E-state index contributed by atoms with van der Waals surface area (Å²) in [5.74, 6) is 0.511. The van der Waals surface area contributed by atoms with Crippen molar-refractivity contribution >= 4 is 6.09 Å². The lowest BCUT2D eigenvalue weighted by Gasteiger charge is -2.28. The summed E-state index contributed by atoms with van der Waals surface area (Å²) in [5.41, 5.74) is 0.936. The molecule has 1 amide bonds. The summed E-state index contributed by atoms with van der Waals surface area (Å²) in [7, 11) is 0. The van der Waals surface area contributed by atoms with Gasteiger partial charge in [-0.25, -0.2) is 4.79 Å². The predicted octanol–water partition coefficient (Wildman–Crippen LogP) is 4.60. The smallest absolute Gasteiger partial charge is 0.490 e. The Balaban J connectivity index is 1.33. The molecule has 0 atom stereocenters. The second kappa shape index (κ2) is 11.0. The Bertz CT molecular complexity index is 806. The van der Waals surface area contributed by atoms with Crippen LogP contribution < -0.4 is 10.1 Å². The first kappa shape index (κ1) is 22.9. The van der Waals surface area contributed by atoms with Crippen LogP contribution in [0.3, 0.4) is 0 Å². The van der Waals surface area contributed by atoms with Crippen LogP contribution in [-0.2, 0) is 16.1 Å². The van der Waals surface area contributed by atoms with Crippen molar-refractivity contribution in [3.63, 3.8) is 0 Å². The summed E-state index contributed by atoms with van der Waals surface area (Å²) in [4.78, 5) is 12.0. The summed E-state index contributed by atoms with van der Waals surface area (Å²) < 4.78 is 51.9. The number of hydrogen-bond donors (Lipinski definition) is 1. The molecule has 1 fully saturated rings. The van der Waals surface area contributed by atoms with Gasteiger partial charge in [0, 0.05) is 12.5 Å². The Morgan fingerprint density at radius 2 is 1.87 bits per heavy atom. The lowest BCUT2D eigenvalue weighted by molar-refractivity contribution is -0.324. The van der Waals surface area contributed by atoms with E-state index < -0.39 is 19.1 Å². The van der Waals surface area contributed by atoms with E-state index >= 15 is 0 Å². The van der Waals surface area contributed by atoms with Crippen LogP contribution in [0.5, 0.6) is 5.75 Å². The van der Waals surface area contributed by atoms with Crippen molar-refractivity contribution in [2.45, 2.75) is 57.2 Å². The number of benzene rings is 1. The van der Waals surface area contributed by atoms with Gasteiger partial charge in [-0.3, -0.25) is 9.42 Å². The molecule has 0 unspecified atom stereocenters. The number of alkyl halides is 3. The molecule has 1 aromatic heterocycles. The molecule has 0 radical (unpaired) electrons. The van der Waals surface area contributed by atoms with Crippen LogP contribution in [-0.4, -0.2) is 41.5 Å². The molecule has 1 aliphatic carbocycles. The van der Waals surface area contributed by atoms with Crippen LogP contribution in [0.15, 0.2) is 42.7 Å². The van der Waals surface area contributed by atoms with Gasteiger partial charge in [-0.05, 0) is 31.2 Å². The van der Waals surface area contributed by atoms with Crippen molar-refractivity contribution in [3.05, 3.63) is 48.3 Å². The number of amides is 1. The first-order chi connectivity index (χ1) is 14.9. The Morgan fingerprint density at radius 3 is 2.58 bits per heavy atom. The van der Waals surface area contributed by atoms with Crippen molar-refractivity contribution in [3.8, 4) is 5.75 Å². The highest BCUT2D eigenvalue weighted by atomic mass is 19.4. The van der Waals surface area contributed by atoms with E-state index in [2.05, 4.69) is 15.2 Å². The lowest BCUT2D eigenvalue weighted by atomic mass is 9.91. The van der Waals surface area contributed by atoms with Crippen LogP contribution in [0, 0.1) is 0 Å². The molecule has 1 aliphatic rings. The van der Waals surface area contributed by atoms with E-state index in [1.54, 1.807) is 12.4 Å². The molecular formula is C21H26F3N3O4. The third-order valence-electron chi connectivity index (χ3n) is 5.01. The second-order valence-electron chi connectivity index (χ2n) is 7.36. The third kappa shape index (κ3) is 8.12. The second-order valence-corrected chi connectivity index (χ2v) is 7.36. The van der Waals surface area contributed by atoms with Crippen molar-refractivity contribution in [1.29, 1.82) is 0 Å². The molecule has 1 aromatic carbocycles. The zero-order valence-electron chi connectivity index (χ0n) is 17.0. The number of carbonyl (C=O) groups excluding carboxylic acids is 1. The van der Waals surface area contributed by atoms with E-state index in [1.807, 2.05) is 35.0 Å². The quantitative estimate of drug-likeness (QED) is 0.576. The third-order valence-corrected chi connectivity index (χ3v) is 5.01. The highest BCUT2D eigenvalue weighted by molar-refractivity contribution is 5.67. The number of rotatable bonds is 9. The fourth-order valence-electron chi connectivity index (χ4n) is 3.45. The number of ether oxygens (including phenoxy) is 3. The molecule has 2 aromatic rings. The van der Waals surface area contributed by atoms with Crippen LogP contribution >= 0.6 is 0 Å². The Kier molecular flexibility index (Phi) is 8.16. The zero-order valence-corrected chi connectivity index (χ0v) is 17.0. The van der Waals surface area contributed by atoms with Gasteiger partial charge in [0.05, 0.1) is 31.6 Å². The van der Waals surface area contributed by atoms with Gasteiger partial charge in [-0.15, -0.1) is 13.2 Å². The predicted molar refractivity (Wildman–Crippen MR) is 105 cm³/mol. The van der Waals surface area contributed by atoms with Gasteiger partial charge in [0.25, 0.3) is 0 Å². The number of nitrogens with one attached hydrogen (secondary N) is 1. The van der Waals surface area contributed by atoms with E-state index in [0.717, 1.165) is 31.2 Å². The zero-order chi connectivity index (χ0) is 22.1. The average Bonchev–Trinajstić information content (AvgIpc) is 3.21. The van der Waals surface area contributed by atoms with Gasteiger partial charge in [0.2, 0.25) is 0 Å². The van der Waals surface area contributed by atoms with Crippen molar-refractivity contribution in [2.75, 3.05) is 13.2 Å². The summed E-state index contributed by atoms with van der Waals surface area (Å²) in [6.45, 7) is -0.0909. The van der Waals surface area contributed by atoms with E-state index in [0.29, 0.717) is 5.75 Å². The molecule has 1 saturated carbocycles. The topological polar surface area (TPSA) is 74.6 Å². The van der Waals surface area contributed by atoms with Gasteiger partial charge in [-0.1, -0.05) is 30.3 Å². The Labute approximate surface area is 178 Å². The maximum absolute atomic E-state index is 12.0. The SMILES string of the molecule is O=C(NC1CCC(n2cc(OCCCOC(F)(F)F)cn2)CC1)OCc1ccccc1. The molecule has 0 bridgehead atoms. The summed E-state index contributed by atoms with van der Waals surface area (Å²) in [6.07, 6.45) is 1.67. The van der Waals surface area contributed by atoms with Crippen LogP contribution in [0.4, 0.5) is 18.0 Å². The lowest BCUT2D eigenvalue weighted by Crippen LogP contribution is -2.38. The number of nitrogens with zero attached hydrogens (tertiary/aromatic N) is 2. The highest BCUT2D eigenvalue weighted by Gasteiger charge is 2.28. The first-order valence-electron chi connectivity index (χ1n) is 10.2. The van der Waals surface area contributed by atoms with Crippen LogP contribution in [0.2, 0.25) is 0 Å². The van der Waals surface area contributed by atoms with Gasteiger partial charge in [-0.2, -0.15) is 5.10 Å². The molecule has 0 aliphatic heterocycles. The molecule has 170 valence electrons. The van der Waals surface area contributed by atoms with Crippen molar-refractivity contribution < 1.29 is 32.2 Å². The molecule has 31 heavy (non-hydrogen) atoms. The van der Waals surface area contributed by atoms with Crippen LogP contribution in [0.1, 0.15) is 43.7 Å². The fraction of sp³-hybridized carbons (Fsp3) is 0.524. The number of alkyl carbamates (subject to hydrolysis) is 1. The molecular weight excluding hydrogens is 415 g/mol. The minimum atomic E-state index is -4.61. The van der Waals surface area contributed by atoms with Gasteiger partial charge in [0.15, 0.2) is 5.75 Å². The molecule has 1 N–H and O–H groups in total. The molecule has 0 saturated heterocycles. The standard InChI is InChI=1S/C21H26F3N3O4/c22-21(23,24)31-12-4-11-29-19-13-25-27(14-19)18-9-7-17(8-10-18)26-20(28)30-15-16-5-2-1-3-6-16/h1-3,5-6,13-14,17-18H,4,7-12,15H2,(H,26,28). The van der Waals surface area contributed by atoms with Gasteiger partial charge in [0.1, 0.15) is 6.61 Å². The Hall–Kier alpha value is -2.75. The molecule has 10 heteroatoms. The molecule has 3 rings (SSSR count). The van der Waals surface area contributed by atoms with E-state index in [-0.39, 0.29) is 31.7 Å². The largest absolute Gasteiger partial charge is 0.522 e. The first-order valence-corrected chi connectivity index (χ1v) is 10.2. The molecule has 7 nitrogen and oxygen atoms in total. The minimum absolute atomic E-state index is 0.0550.